The van der Waals surface area contributed by atoms with E-state index in [1.165, 1.54) is 6.07 Å². The lowest BCUT2D eigenvalue weighted by Gasteiger charge is -2.41. The molecular weight excluding hydrogens is 513 g/mol. The standard InChI is InChI=1S/C30H42FN7.C3H6/c1-7-8-27-28(36-18-35-27)29(19(2)33)38-17-25-24(20(38)3)13-23(14-26(25)31)34-16-22(15-32)21-9-11-37(12-10-21)30(4,5)6;1-3-2/h13-16,18,21,29H,2-3,7-12,17,32-33H2,1,4-6H3,(H,35,36);3H,1H2,2H3/b22-15+,34-16?;. The quantitative estimate of drug-likeness (QED) is 0.245. The minimum absolute atomic E-state index is 0.161. The predicted molar refractivity (Wildman–Crippen MR) is 170 cm³/mol. The first-order valence-electron chi connectivity index (χ1n) is 14.5. The van der Waals surface area contributed by atoms with Crippen molar-refractivity contribution in [3.8, 4) is 0 Å². The molecule has 0 saturated carbocycles. The Morgan fingerprint density at radius 1 is 1.29 bits per heavy atom. The van der Waals surface area contributed by atoms with Gasteiger partial charge >= 0.3 is 0 Å². The number of halogens is 1. The second-order valence-corrected chi connectivity index (χ2v) is 11.8. The number of nitrogens with two attached hydrogens (primary N) is 2. The summed E-state index contributed by atoms with van der Waals surface area (Å²) >= 11 is 0. The van der Waals surface area contributed by atoms with Crippen LogP contribution in [-0.4, -0.2) is 44.6 Å². The third-order valence-corrected chi connectivity index (χ3v) is 7.81. The van der Waals surface area contributed by atoms with Crippen LogP contribution in [0, 0.1) is 11.7 Å². The van der Waals surface area contributed by atoms with Crippen LogP contribution in [0.3, 0.4) is 0 Å². The highest BCUT2D eigenvalue weighted by molar-refractivity contribution is 5.82. The fraction of sp³-hybridized carbons (Fsp3) is 0.455. The molecule has 222 valence electrons. The predicted octanol–water partition coefficient (Wildman–Crippen LogP) is 6.75. The Morgan fingerprint density at radius 2 is 1.95 bits per heavy atom. The second kappa shape index (κ2) is 13.8. The molecule has 1 unspecified atom stereocenters. The highest BCUT2D eigenvalue weighted by Crippen LogP contribution is 2.42. The molecule has 1 saturated heterocycles. The van der Waals surface area contributed by atoms with Crippen LogP contribution in [0.15, 0.2) is 66.7 Å². The van der Waals surface area contributed by atoms with Gasteiger partial charge in [0.1, 0.15) is 11.9 Å². The Kier molecular flexibility index (Phi) is 10.7. The molecule has 1 aromatic heterocycles. The van der Waals surface area contributed by atoms with E-state index >= 15 is 4.39 Å². The Balaban J connectivity index is 0.00000147. The number of aliphatic imine (C=N–C) groups is 1. The van der Waals surface area contributed by atoms with Crippen molar-refractivity contribution < 1.29 is 4.39 Å². The van der Waals surface area contributed by atoms with Crippen molar-refractivity contribution >= 4 is 17.6 Å². The van der Waals surface area contributed by atoms with Crippen LogP contribution in [0.25, 0.3) is 5.70 Å². The largest absolute Gasteiger partial charge is 0.404 e. The molecule has 7 nitrogen and oxygen atoms in total. The van der Waals surface area contributed by atoms with E-state index in [1.807, 2.05) is 17.9 Å². The number of nitrogens with zero attached hydrogens (tertiary/aromatic N) is 4. The zero-order valence-electron chi connectivity index (χ0n) is 25.5. The molecule has 8 heteroatoms. The maximum absolute atomic E-state index is 15.4. The molecule has 3 heterocycles. The van der Waals surface area contributed by atoms with Gasteiger partial charge < -0.3 is 21.4 Å². The van der Waals surface area contributed by atoms with Gasteiger partial charge in [0, 0.05) is 46.5 Å². The molecule has 1 atom stereocenters. The molecule has 41 heavy (non-hydrogen) atoms. The van der Waals surface area contributed by atoms with Crippen molar-refractivity contribution in [3.05, 3.63) is 90.1 Å². The van der Waals surface area contributed by atoms with Gasteiger partial charge in [-0.2, -0.15) is 0 Å². The van der Waals surface area contributed by atoms with Crippen LogP contribution in [0.2, 0.25) is 0 Å². The molecule has 4 rings (SSSR count). The molecule has 5 N–H and O–H groups in total. The van der Waals surface area contributed by atoms with Gasteiger partial charge in [0.25, 0.3) is 0 Å². The van der Waals surface area contributed by atoms with E-state index in [1.54, 1.807) is 24.8 Å². The lowest BCUT2D eigenvalue weighted by molar-refractivity contribution is 0.0960. The summed E-state index contributed by atoms with van der Waals surface area (Å²) in [6.45, 7) is 24.8. The molecule has 0 aliphatic carbocycles. The van der Waals surface area contributed by atoms with E-state index in [-0.39, 0.29) is 11.4 Å². The van der Waals surface area contributed by atoms with Gasteiger partial charge in [-0.25, -0.2) is 9.37 Å². The van der Waals surface area contributed by atoms with Gasteiger partial charge in [0.05, 0.1) is 17.7 Å². The number of imidazole rings is 1. The molecule has 0 bridgehead atoms. The topological polar surface area (TPSA) is 99.6 Å². The zero-order valence-corrected chi connectivity index (χ0v) is 25.5. The van der Waals surface area contributed by atoms with Gasteiger partial charge in [0.15, 0.2) is 0 Å². The summed E-state index contributed by atoms with van der Waals surface area (Å²) < 4.78 is 15.4. The first-order valence-corrected chi connectivity index (χ1v) is 14.5. The van der Waals surface area contributed by atoms with E-state index in [9.17, 15) is 0 Å². The highest BCUT2D eigenvalue weighted by Gasteiger charge is 2.35. The number of hydrogen-bond donors (Lipinski definition) is 3. The summed E-state index contributed by atoms with van der Waals surface area (Å²) in [6.07, 6.45) is 10.7. The van der Waals surface area contributed by atoms with Crippen LogP contribution in [0.5, 0.6) is 0 Å². The number of aromatic amines is 1. The smallest absolute Gasteiger partial charge is 0.131 e. The summed E-state index contributed by atoms with van der Waals surface area (Å²) in [5.41, 5.74) is 18.2. The molecule has 2 aliphatic heterocycles. The number of aromatic nitrogens is 2. The van der Waals surface area contributed by atoms with E-state index in [0.29, 0.717) is 35.1 Å². The van der Waals surface area contributed by atoms with Crippen molar-refractivity contribution in [1.82, 2.24) is 19.8 Å². The Labute approximate surface area is 245 Å². The number of fused-ring (bicyclic) bond motifs is 1. The third kappa shape index (κ3) is 7.36. The number of piperidine rings is 1. The molecule has 1 aromatic carbocycles. The summed E-state index contributed by atoms with van der Waals surface area (Å²) in [5.74, 6) is 0.0295. The monoisotopic (exact) mass is 561 g/mol. The molecular formula is C33H48FN7. The fourth-order valence-electron chi connectivity index (χ4n) is 5.64. The SMILES string of the molecule is C=C(N)C(c1nc[nH]c1CCC)N1Cc2c(F)cc(N=C/C(=C\N)C3CCN(C(C)(C)C)CC3)cc2C1=C.C=CC. The number of rotatable bonds is 8. The molecule has 0 amide bonds. The van der Waals surface area contributed by atoms with E-state index < -0.39 is 6.04 Å². The lowest BCUT2D eigenvalue weighted by atomic mass is 9.88. The first kappa shape index (κ1) is 31.9. The summed E-state index contributed by atoms with van der Waals surface area (Å²) in [4.78, 5) is 16.9. The minimum atomic E-state index is -0.403. The van der Waals surface area contributed by atoms with Gasteiger partial charge in [-0.1, -0.05) is 32.6 Å². The first-order chi connectivity index (χ1) is 19.5. The maximum atomic E-state index is 15.4. The van der Waals surface area contributed by atoms with Crippen molar-refractivity contribution in [2.24, 2.45) is 22.4 Å². The van der Waals surface area contributed by atoms with Crippen molar-refractivity contribution in [2.45, 2.75) is 78.4 Å². The second-order valence-electron chi connectivity index (χ2n) is 11.8. The fourth-order valence-corrected chi connectivity index (χ4v) is 5.64. The Morgan fingerprint density at radius 3 is 2.51 bits per heavy atom. The van der Waals surface area contributed by atoms with E-state index in [2.05, 4.69) is 67.3 Å². The average Bonchev–Trinajstić information content (AvgIpc) is 3.50. The number of H-pyrrole nitrogens is 1. The number of allylic oxidation sites excluding steroid dienone is 2. The van der Waals surface area contributed by atoms with Gasteiger partial charge in [-0.3, -0.25) is 9.89 Å². The van der Waals surface area contributed by atoms with Crippen molar-refractivity contribution in [2.75, 3.05) is 13.1 Å². The van der Waals surface area contributed by atoms with Crippen LogP contribution in [-0.2, 0) is 13.0 Å². The third-order valence-electron chi connectivity index (χ3n) is 7.81. The normalized spacial score (nSPS) is 17.4. The molecule has 1 fully saturated rings. The average molecular weight is 562 g/mol. The van der Waals surface area contributed by atoms with Crippen LogP contribution < -0.4 is 11.5 Å². The zero-order chi connectivity index (χ0) is 30.3. The Hall–Kier alpha value is -3.65. The molecule has 0 spiro atoms. The lowest BCUT2D eigenvalue weighted by Crippen LogP contribution is -2.46. The summed E-state index contributed by atoms with van der Waals surface area (Å²) in [6, 6.07) is 2.97. The van der Waals surface area contributed by atoms with E-state index in [0.717, 1.165) is 61.3 Å². The number of benzene rings is 1. The number of aryl methyl sites for hydroxylation is 1. The Bertz CT molecular complexity index is 1290. The van der Waals surface area contributed by atoms with Crippen LogP contribution in [0.1, 0.15) is 82.4 Å². The molecule has 0 radical (unpaired) electrons. The van der Waals surface area contributed by atoms with Gasteiger partial charge in [-0.15, -0.1) is 6.58 Å². The van der Waals surface area contributed by atoms with Gasteiger partial charge in [-0.05, 0) is 89.9 Å². The van der Waals surface area contributed by atoms with Gasteiger partial charge in [0.2, 0.25) is 0 Å². The number of nitrogens with one attached hydrogen (secondary N) is 1. The molecule has 2 aliphatic rings. The van der Waals surface area contributed by atoms with Crippen molar-refractivity contribution in [1.29, 1.82) is 0 Å². The van der Waals surface area contributed by atoms with Crippen LogP contribution in [0.4, 0.5) is 10.1 Å². The minimum Gasteiger partial charge on any atom is -0.404 e. The maximum Gasteiger partial charge on any atom is 0.131 e. The van der Waals surface area contributed by atoms with E-state index in [4.69, 9.17) is 11.5 Å². The van der Waals surface area contributed by atoms with Crippen molar-refractivity contribution in [3.63, 3.8) is 0 Å². The number of hydrogen-bond acceptors (Lipinski definition) is 6. The number of likely N-dealkylation sites (tertiary alicyclic amines) is 1. The summed E-state index contributed by atoms with van der Waals surface area (Å²) in [5, 5.41) is 0. The van der Waals surface area contributed by atoms with Crippen LogP contribution >= 0.6 is 0 Å². The molecule has 2 aromatic rings. The summed E-state index contributed by atoms with van der Waals surface area (Å²) in [7, 11) is 0. The highest BCUT2D eigenvalue weighted by atomic mass is 19.1.